The summed E-state index contributed by atoms with van der Waals surface area (Å²) in [5.41, 5.74) is 0. The van der Waals surface area contributed by atoms with Crippen molar-refractivity contribution < 1.29 is 19.1 Å². The van der Waals surface area contributed by atoms with Crippen molar-refractivity contribution in [1.82, 2.24) is 8.01 Å². The molecule has 0 aliphatic heterocycles. The quantitative estimate of drug-likeness (QED) is 0.243. The Morgan fingerprint density at radius 3 is 2.32 bits per heavy atom. The third-order valence-corrected chi connectivity index (χ3v) is 2.83. The maximum absolute atomic E-state index is 11.4. The normalized spacial score (nSPS) is 10.8. The molecule has 0 aliphatic carbocycles. The van der Waals surface area contributed by atoms with Crippen LogP contribution in [0.1, 0.15) is 19.8 Å². The predicted molar refractivity (Wildman–Crippen MR) is 81.0 cm³/mol. The Bertz CT molecular complexity index is 274. The van der Waals surface area contributed by atoms with Crippen LogP contribution in [0.3, 0.4) is 0 Å². The summed E-state index contributed by atoms with van der Waals surface area (Å²) >= 11 is 2.19. The van der Waals surface area contributed by atoms with E-state index >= 15 is 0 Å². The molecule has 19 heavy (non-hydrogen) atoms. The van der Waals surface area contributed by atoms with E-state index in [0.717, 1.165) is 13.0 Å². The molecule has 0 amide bonds. The molecule has 112 valence electrons. The molecule has 0 atom stereocenters. The molecule has 0 unspecified atom stereocenters. The molecule has 6 nitrogen and oxygen atoms in total. The average molecular weight is 386 g/mol. The van der Waals surface area contributed by atoms with Crippen molar-refractivity contribution >= 4 is 34.8 Å². The van der Waals surface area contributed by atoms with Crippen LogP contribution in [0.4, 0.5) is 0 Å². The summed E-state index contributed by atoms with van der Waals surface area (Å²) in [6, 6.07) is 0. The molecular formula is C12H23IN2O4. The zero-order valence-electron chi connectivity index (χ0n) is 11.9. The Morgan fingerprint density at radius 1 is 1.05 bits per heavy atom. The number of ether oxygens (including phenoxy) is 2. The van der Waals surface area contributed by atoms with Crippen LogP contribution in [-0.4, -0.2) is 66.9 Å². The molecule has 0 fully saturated rings. The molecule has 0 rings (SSSR count). The van der Waals surface area contributed by atoms with Gasteiger partial charge in [0.05, 0.1) is 13.0 Å². The summed E-state index contributed by atoms with van der Waals surface area (Å²) < 4.78 is 11.9. The van der Waals surface area contributed by atoms with Crippen molar-refractivity contribution in [2.45, 2.75) is 19.8 Å². The van der Waals surface area contributed by atoms with E-state index in [1.807, 2.05) is 22.1 Å². The standard InChI is InChI=1S/C12H23IN2O4/c1-11(16)18-10-8-14(2)7-5-12(17)19-9-4-6-15(3)13/h4-10H2,1-3H3. The average Bonchev–Trinajstić information content (AvgIpc) is 2.31. The second kappa shape index (κ2) is 11.4. The minimum absolute atomic E-state index is 0.185. The van der Waals surface area contributed by atoms with Crippen molar-refractivity contribution in [3.63, 3.8) is 0 Å². The highest BCUT2D eigenvalue weighted by Crippen LogP contribution is 1.97. The maximum Gasteiger partial charge on any atom is 0.307 e. The van der Waals surface area contributed by atoms with Gasteiger partial charge in [-0.2, -0.15) is 0 Å². The molecule has 7 heteroatoms. The minimum atomic E-state index is -0.284. The number of hydrogen-bond donors (Lipinski definition) is 0. The van der Waals surface area contributed by atoms with E-state index in [1.165, 1.54) is 6.92 Å². The number of esters is 2. The van der Waals surface area contributed by atoms with E-state index in [9.17, 15) is 9.59 Å². The van der Waals surface area contributed by atoms with Crippen LogP contribution in [0.25, 0.3) is 0 Å². The summed E-state index contributed by atoms with van der Waals surface area (Å²) in [4.78, 5) is 23.9. The number of nitrogens with zero attached hydrogens (tertiary/aromatic N) is 2. The van der Waals surface area contributed by atoms with Crippen molar-refractivity contribution in [2.75, 3.05) is 46.9 Å². The van der Waals surface area contributed by atoms with Gasteiger partial charge in [0.2, 0.25) is 0 Å². The highest BCUT2D eigenvalue weighted by molar-refractivity contribution is 14.1. The molecule has 0 aliphatic rings. The first-order valence-corrected chi connectivity index (χ1v) is 7.22. The molecule has 0 heterocycles. The first-order valence-electron chi connectivity index (χ1n) is 6.26. The summed E-state index contributed by atoms with van der Waals surface area (Å²) in [5, 5.41) is 0. The first kappa shape index (κ1) is 18.6. The largest absolute Gasteiger partial charge is 0.466 e. The van der Waals surface area contributed by atoms with Gasteiger partial charge < -0.3 is 14.4 Å². The topological polar surface area (TPSA) is 59.1 Å². The highest BCUT2D eigenvalue weighted by atomic mass is 127. The van der Waals surface area contributed by atoms with E-state index in [0.29, 0.717) is 32.7 Å². The van der Waals surface area contributed by atoms with E-state index in [2.05, 4.69) is 22.9 Å². The summed E-state index contributed by atoms with van der Waals surface area (Å²) in [6.45, 7) is 4.31. The molecule has 0 aromatic carbocycles. The lowest BCUT2D eigenvalue weighted by atomic mass is 10.4. The molecule has 0 aromatic rings. The second-order valence-corrected chi connectivity index (χ2v) is 5.94. The fourth-order valence-corrected chi connectivity index (χ4v) is 1.62. The number of hydrogen-bond acceptors (Lipinski definition) is 6. The molecule has 0 saturated carbocycles. The van der Waals surface area contributed by atoms with Crippen LogP contribution >= 0.6 is 22.9 Å². The molecule has 0 aromatic heterocycles. The zero-order valence-corrected chi connectivity index (χ0v) is 14.0. The van der Waals surface area contributed by atoms with Crippen molar-refractivity contribution in [1.29, 1.82) is 0 Å². The van der Waals surface area contributed by atoms with Gasteiger partial charge in [0.25, 0.3) is 0 Å². The molecule has 0 bridgehead atoms. The lowest BCUT2D eigenvalue weighted by molar-refractivity contribution is -0.145. The minimum Gasteiger partial charge on any atom is -0.466 e. The summed E-state index contributed by atoms with van der Waals surface area (Å²) in [6.07, 6.45) is 1.20. The lowest BCUT2D eigenvalue weighted by Crippen LogP contribution is -2.27. The Kier molecular flexibility index (Phi) is 11.2. The maximum atomic E-state index is 11.4. The van der Waals surface area contributed by atoms with Crippen molar-refractivity contribution in [2.24, 2.45) is 0 Å². The van der Waals surface area contributed by atoms with E-state index in [1.54, 1.807) is 0 Å². The van der Waals surface area contributed by atoms with Gasteiger partial charge >= 0.3 is 11.9 Å². The van der Waals surface area contributed by atoms with Crippen molar-refractivity contribution in [3.05, 3.63) is 0 Å². The Morgan fingerprint density at radius 2 is 1.74 bits per heavy atom. The number of carbonyl (C=O) groups excluding carboxylic acids is 2. The van der Waals surface area contributed by atoms with Crippen LogP contribution < -0.4 is 0 Å². The molecular weight excluding hydrogens is 363 g/mol. The number of halogens is 1. The lowest BCUT2D eigenvalue weighted by Gasteiger charge is -2.15. The summed E-state index contributed by atoms with van der Waals surface area (Å²) in [7, 11) is 3.85. The Hall–Kier alpha value is -0.410. The van der Waals surface area contributed by atoms with Gasteiger partial charge in [0, 0.05) is 49.4 Å². The monoisotopic (exact) mass is 386 g/mol. The van der Waals surface area contributed by atoms with Gasteiger partial charge in [-0.25, -0.2) is 0 Å². The van der Waals surface area contributed by atoms with E-state index < -0.39 is 0 Å². The van der Waals surface area contributed by atoms with E-state index in [4.69, 9.17) is 9.47 Å². The Balaban J connectivity index is 3.47. The van der Waals surface area contributed by atoms with Gasteiger partial charge in [0.15, 0.2) is 0 Å². The zero-order chi connectivity index (χ0) is 14.7. The molecule has 0 spiro atoms. The smallest absolute Gasteiger partial charge is 0.307 e. The molecule has 0 radical (unpaired) electrons. The summed E-state index contributed by atoms with van der Waals surface area (Å²) in [5.74, 6) is -0.469. The SMILES string of the molecule is CC(=O)OCCN(C)CCC(=O)OCCCN(C)I. The number of rotatable bonds is 10. The Labute approximate surface area is 128 Å². The van der Waals surface area contributed by atoms with Crippen LogP contribution in [0.2, 0.25) is 0 Å². The second-order valence-electron chi connectivity index (χ2n) is 4.30. The van der Waals surface area contributed by atoms with Gasteiger partial charge in [0.1, 0.15) is 6.61 Å². The first-order chi connectivity index (χ1) is 8.91. The van der Waals surface area contributed by atoms with Gasteiger partial charge in [-0.15, -0.1) is 0 Å². The van der Waals surface area contributed by atoms with Gasteiger partial charge in [-0.05, 0) is 20.5 Å². The van der Waals surface area contributed by atoms with Crippen molar-refractivity contribution in [3.8, 4) is 0 Å². The fraction of sp³-hybridized carbons (Fsp3) is 0.833. The fourth-order valence-electron chi connectivity index (χ4n) is 1.28. The highest BCUT2D eigenvalue weighted by Gasteiger charge is 2.06. The third kappa shape index (κ3) is 13.8. The molecule has 0 N–H and O–H groups in total. The third-order valence-electron chi connectivity index (χ3n) is 2.35. The van der Waals surface area contributed by atoms with Gasteiger partial charge in [-0.3, -0.25) is 12.7 Å². The van der Waals surface area contributed by atoms with E-state index in [-0.39, 0.29) is 11.9 Å². The van der Waals surface area contributed by atoms with Crippen LogP contribution in [0, 0.1) is 0 Å². The van der Waals surface area contributed by atoms with Gasteiger partial charge in [-0.1, -0.05) is 0 Å². The van der Waals surface area contributed by atoms with Crippen LogP contribution in [0.15, 0.2) is 0 Å². The molecule has 0 saturated heterocycles. The predicted octanol–water partition coefficient (Wildman–Crippen LogP) is 1.09. The van der Waals surface area contributed by atoms with Crippen LogP contribution in [-0.2, 0) is 19.1 Å². The number of likely N-dealkylation sites (N-methyl/N-ethyl adjacent to an activating group) is 1. The number of carbonyl (C=O) groups is 2. The van der Waals surface area contributed by atoms with Crippen LogP contribution in [0.5, 0.6) is 0 Å².